The highest BCUT2D eigenvalue weighted by atomic mass is 35.5. The van der Waals surface area contributed by atoms with Crippen molar-refractivity contribution < 1.29 is 24.6 Å². The molecule has 0 aliphatic rings. The van der Waals surface area contributed by atoms with Crippen LogP contribution < -0.4 is 0 Å². The fourth-order valence-corrected chi connectivity index (χ4v) is 1.52. The Morgan fingerprint density at radius 2 is 1.68 bits per heavy atom. The highest BCUT2D eigenvalue weighted by Crippen LogP contribution is 2.20. The van der Waals surface area contributed by atoms with Gasteiger partial charge < -0.3 is 15.1 Å². The van der Waals surface area contributed by atoms with E-state index in [-0.39, 0.29) is 15.7 Å². The molecule has 102 valence electrons. The summed E-state index contributed by atoms with van der Waals surface area (Å²) in [7, 11) is 0. The van der Waals surface area contributed by atoms with Gasteiger partial charge in [-0.25, -0.2) is 4.98 Å². The molecule has 1 amide bonds. The smallest absolute Gasteiger partial charge is 0.323 e. The lowest BCUT2D eigenvalue weighted by atomic mass is 10.2. The van der Waals surface area contributed by atoms with E-state index >= 15 is 0 Å². The van der Waals surface area contributed by atoms with Crippen molar-refractivity contribution in [3.63, 3.8) is 0 Å². The monoisotopic (exact) mass is 306 g/mol. The summed E-state index contributed by atoms with van der Waals surface area (Å²) in [6.07, 6.45) is 1.09. The number of halogens is 2. The minimum absolute atomic E-state index is 0.0121. The zero-order valence-corrected chi connectivity index (χ0v) is 10.9. The Bertz CT molecular complexity index is 519. The highest BCUT2D eigenvalue weighted by molar-refractivity contribution is 6.41. The predicted molar refractivity (Wildman–Crippen MR) is 65.4 cm³/mol. The van der Waals surface area contributed by atoms with Crippen molar-refractivity contribution in [2.45, 2.75) is 0 Å². The second-order valence-corrected chi connectivity index (χ2v) is 4.21. The first kappa shape index (κ1) is 15.2. The number of aliphatic carboxylic acids is 2. The highest BCUT2D eigenvalue weighted by Gasteiger charge is 2.22. The molecule has 7 nitrogen and oxygen atoms in total. The lowest BCUT2D eigenvalue weighted by molar-refractivity contribution is -0.140. The van der Waals surface area contributed by atoms with Gasteiger partial charge in [0.05, 0.1) is 10.6 Å². The number of hydrogen-bond acceptors (Lipinski definition) is 4. The van der Waals surface area contributed by atoms with Crippen LogP contribution in [0.2, 0.25) is 10.2 Å². The van der Waals surface area contributed by atoms with E-state index in [1.165, 1.54) is 6.07 Å². The standard InChI is InChI=1S/C10H8Cl2N2O5/c11-6-1-5(2-13-9(6)12)10(19)14(3-7(15)16)4-8(17)18/h1-2H,3-4H2,(H,15,16)(H,17,18). The molecule has 0 aliphatic carbocycles. The third-order valence-corrected chi connectivity index (χ3v) is 2.67. The van der Waals surface area contributed by atoms with Crippen LogP contribution in [0.1, 0.15) is 10.4 Å². The van der Waals surface area contributed by atoms with E-state index in [0.717, 1.165) is 6.20 Å². The van der Waals surface area contributed by atoms with Crippen LogP contribution in [0.25, 0.3) is 0 Å². The molecule has 0 radical (unpaired) electrons. The molecule has 2 N–H and O–H groups in total. The normalized spacial score (nSPS) is 10.0. The van der Waals surface area contributed by atoms with Gasteiger partial charge in [0, 0.05) is 6.20 Å². The molecule has 1 rings (SSSR count). The number of pyridine rings is 1. The van der Waals surface area contributed by atoms with Gasteiger partial charge in [-0.2, -0.15) is 0 Å². The van der Waals surface area contributed by atoms with E-state index in [4.69, 9.17) is 33.4 Å². The topological polar surface area (TPSA) is 108 Å². The molecule has 19 heavy (non-hydrogen) atoms. The number of carboxylic acids is 2. The average molecular weight is 307 g/mol. The van der Waals surface area contributed by atoms with Crippen LogP contribution in [0.5, 0.6) is 0 Å². The molecule has 0 fully saturated rings. The van der Waals surface area contributed by atoms with Crippen LogP contribution in [-0.2, 0) is 9.59 Å². The van der Waals surface area contributed by atoms with Crippen LogP contribution in [0.3, 0.4) is 0 Å². The molecule has 0 saturated heterocycles. The van der Waals surface area contributed by atoms with Crippen LogP contribution >= 0.6 is 23.2 Å². The summed E-state index contributed by atoms with van der Waals surface area (Å²) in [4.78, 5) is 37.4. The first-order valence-corrected chi connectivity index (χ1v) is 5.60. The molecule has 0 aliphatic heterocycles. The van der Waals surface area contributed by atoms with Crippen molar-refractivity contribution >= 4 is 41.0 Å². The van der Waals surface area contributed by atoms with E-state index in [1.807, 2.05) is 0 Å². The van der Waals surface area contributed by atoms with Gasteiger partial charge in [-0.1, -0.05) is 23.2 Å². The Hall–Kier alpha value is -1.86. The first-order chi connectivity index (χ1) is 8.81. The molecule has 9 heteroatoms. The van der Waals surface area contributed by atoms with Crippen molar-refractivity contribution in [3.8, 4) is 0 Å². The Morgan fingerprint density at radius 3 is 2.11 bits per heavy atom. The largest absolute Gasteiger partial charge is 0.480 e. The van der Waals surface area contributed by atoms with E-state index in [2.05, 4.69) is 4.98 Å². The summed E-state index contributed by atoms with van der Waals surface area (Å²) < 4.78 is 0. The summed E-state index contributed by atoms with van der Waals surface area (Å²) in [5, 5.41) is 17.3. The summed E-state index contributed by atoms with van der Waals surface area (Å²) in [5.74, 6) is -3.47. The van der Waals surface area contributed by atoms with Gasteiger partial charge >= 0.3 is 11.9 Å². The summed E-state index contributed by atoms with van der Waals surface area (Å²) in [6, 6.07) is 1.19. The average Bonchev–Trinajstić information content (AvgIpc) is 2.29. The minimum atomic E-state index is -1.33. The number of rotatable bonds is 5. The van der Waals surface area contributed by atoms with Crippen molar-refractivity contribution in [2.24, 2.45) is 0 Å². The third kappa shape index (κ3) is 4.38. The SMILES string of the molecule is O=C(O)CN(CC(=O)O)C(=O)c1cnc(Cl)c(Cl)c1. The van der Waals surface area contributed by atoms with Gasteiger partial charge in [0.1, 0.15) is 18.2 Å². The van der Waals surface area contributed by atoms with Gasteiger partial charge in [-0.3, -0.25) is 14.4 Å². The van der Waals surface area contributed by atoms with Crippen LogP contribution in [0.4, 0.5) is 0 Å². The van der Waals surface area contributed by atoms with E-state index < -0.39 is 30.9 Å². The number of hydrogen-bond donors (Lipinski definition) is 2. The van der Waals surface area contributed by atoms with Crippen molar-refractivity contribution in [2.75, 3.05) is 13.1 Å². The van der Waals surface area contributed by atoms with E-state index in [9.17, 15) is 14.4 Å². The number of carboxylic acid groups (broad SMARTS) is 2. The number of carbonyl (C=O) groups is 3. The van der Waals surface area contributed by atoms with Crippen LogP contribution in [0, 0.1) is 0 Å². The maximum absolute atomic E-state index is 11.9. The molecular formula is C10H8Cl2N2O5. The van der Waals surface area contributed by atoms with E-state index in [0.29, 0.717) is 4.90 Å². The van der Waals surface area contributed by atoms with Gasteiger partial charge in [0.2, 0.25) is 0 Å². The lowest BCUT2D eigenvalue weighted by Crippen LogP contribution is -2.39. The molecule has 1 heterocycles. The fraction of sp³-hybridized carbons (Fsp3) is 0.200. The Morgan fingerprint density at radius 1 is 1.16 bits per heavy atom. The molecule has 0 spiro atoms. The van der Waals surface area contributed by atoms with Gasteiger partial charge in [0.15, 0.2) is 0 Å². The first-order valence-electron chi connectivity index (χ1n) is 4.85. The maximum atomic E-state index is 11.9. The van der Waals surface area contributed by atoms with Gasteiger partial charge in [-0.15, -0.1) is 0 Å². The molecular weight excluding hydrogens is 299 g/mol. The summed E-state index contributed by atoms with van der Waals surface area (Å²) in [6.45, 7) is -1.49. The Balaban J connectivity index is 3.00. The van der Waals surface area contributed by atoms with Crippen molar-refractivity contribution in [3.05, 3.63) is 28.0 Å². The quantitative estimate of drug-likeness (QED) is 0.786. The van der Waals surface area contributed by atoms with Crippen molar-refractivity contribution in [1.29, 1.82) is 0 Å². The number of aromatic nitrogens is 1. The second kappa shape index (κ2) is 6.35. The Labute approximate surface area is 117 Å². The van der Waals surface area contributed by atoms with Crippen LogP contribution in [0.15, 0.2) is 12.3 Å². The molecule has 0 saturated carbocycles. The Kier molecular flexibility index (Phi) is 5.08. The number of amides is 1. The lowest BCUT2D eigenvalue weighted by Gasteiger charge is -2.18. The molecule has 0 aromatic carbocycles. The molecule has 1 aromatic rings. The third-order valence-electron chi connectivity index (χ3n) is 1.98. The minimum Gasteiger partial charge on any atom is -0.480 e. The van der Waals surface area contributed by atoms with Crippen LogP contribution in [-0.4, -0.2) is 51.0 Å². The maximum Gasteiger partial charge on any atom is 0.323 e. The van der Waals surface area contributed by atoms with E-state index in [1.54, 1.807) is 0 Å². The summed E-state index contributed by atoms with van der Waals surface area (Å²) in [5.41, 5.74) is -0.0445. The zero-order chi connectivity index (χ0) is 14.6. The molecule has 1 aromatic heterocycles. The van der Waals surface area contributed by atoms with Gasteiger partial charge in [-0.05, 0) is 6.07 Å². The number of carbonyl (C=O) groups excluding carboxylic acids is 1. The van der Waals surface area contributed by atoms with Gasteiger partial charge in [0.25, 0.3) is 5.91 Å². The fourth-order valence-electron chi connectivity index (χ4n) is 1.25. The molecule has 0 atom stereocenters. The zero-order valence-electron chi connectivity index (χ0n) is 9.34. The summed E-state index contributed by atoms with van der Waals surface area (Å²) >= 11 is 11.3. The second-order valence-electron chi connectivity index (χ2n) is 3.45. The molecule has 0 bridgehead atoms. The predicted octanol–water partition coefficient (Wildman–Crippen LogP) is 1.000. The van der Waals surface area contributed by atoms with Crippen molar-refractivity contribution in [1.82, 2.24) is 9.88 Å². The molecule has 0 unspecified atom stereocenters. The number of nitrogens with zero attached hydrogens (tertiary/aromatic N) is 2.